The summed E-state index contributed by atoms with van der Waals surface area (Å²) in [6, 6.07) is 0. The molecule has 1 rings (SSSR count). The molecule has 2 nitrogen and oxygen atoms in total. The highest BCUT2D eigenvalue weighted by molar-refractivity contribution is 7.98. The lowest BCUT2D eigenvalue weighted by atomic mass is 10.2. The third-order valence-corrected chi connectivity index (χ3v) is 3.58. The van der Waals surface area contributed by atoms with Crippen LogP contribution in [0.25, 0.3) is 0 Å². The lowest BCUT2D eigenvalue weighted by Crippen LogP contribution is -2.02. The summed E-state index contributed by atoms with van der Waals surface area (Å²) in [5, 5.41) is 0. The molecule has 1 aromatic heterocycles. The van der Waals surface area contributed by atoms with Gasteiger partial charge in [0.2, 0.25) is 0 Å². The maximum Gasteiger partial charge on any atom is 0.177 e. The predicted octanol–water partition coefficient (Wildman–Crippen LogP) is 3.64. The number of H-pyrrole nitrogens is 1. The van der Waals surface area contributed by atoms with E-state index in [0.717, 1.165) is 17.7 Å². The highest BCUT2D eigenvalue weighted by Crippen LogP contribution is 2.08. The van der Waals surface area contributed by atoms with Gasteiger partial charge in [-0.2, -0.15) is 11.8 Å². The summed E-state index contributed by atoms with van der Waals surface area (Å²) in [5.74, 6) is 1.28. The van der Waals surface area contributed by atoms with Crippen molar-refractivity contribution >= 4 is 24.0 Å². The molecule has 0 unspecified atom stereocenters. The zero-order valence-corrected chi connectivity index (χ0v) is 11.2. The number of aromatic nitrogens is 2. The van der Waals surface area contributed by atoms with Crippen LogP contribution < -0.4 is 0 Å². The number of thioether (sulfide) groups is 1. The van der Waals surface area contributed by atoms with Crippen LogP contribution in [-0.2, 0) is 13.0 Å². The Bertz CT molecular complexity index is 328. The third kappa shape index (κ3) is 4.03. The molecule has 0 aliphatic carbocycles. The van der Waals surface area contributed by atoms with Gasteiger partial charge < -0.3 is 9.55 Å². The van der Waals surface area contributed by atoms with Gasteiger partial charge in [0.1, 0.15) is 0 Å². The van der Waals surface area contributed by atoms with E-state index in [1.54, 1.807) is 0 Å². The molecule has 1 aromatic rings. The zero-order chi connectivity index (χ0) is 11.1. The summed E-state index contributed by atoms with van der Waals surface area (Å²) in [4.78, 5) is 3.11. The summed E-state index contributed by atoms with van der Waals surface area (Å²) < 4.78 is 3.10. The van der Waals surface area contributed by atoms with Gasteiger partial charge in [-0.15, -0.1) is 0 Å². The van der Waals surface area contributed by atoms with Gasteiger partial charge >= 0.3 is 0 Å². The Morgan fingerprint density at radius 3 is 2.87 bits per heavy atom. The van der Waals surface area contributed by atoms with Crippen molar-refractivity contribution in [2.75, 3.05) is 12.0 Å². The lowest BCUT2D eigenvalue weighted by molar-refractivity contribution is 0.583. The molecule has 0 aliphatic heterocycles. The van der Waals surface area contributed by atoms with E-state index in [0.29, 0.717) is 0 Å². The first-order chi connectivity index (χ1) is 7.29. The largest absolute Gasteiger partial charge is 0.337 e. The maximum atomic E-state index is 5.24. The smallest absolute Gasteiger partial charge is 0.177 e. The summed E-state index contributed by atoms with van der Waals surface area (Å²) in [5.41, 5.74) is 1.32. The van der Waals surface area contributed by atoms with Crippen LogP contribution in [0.3, 0.4) is 0 Å². The van der Waals surface area contributed by atoms with Crippen LogP contribution in [-0.4, -0.2) is 21.6 Å². The van der Waals surface area contributed by atoms with E-state index in [4.69, 9.17) is 12.2 Å². The van der Waals surface area contributed by atoms with E-state index >= 15 is 0 Å². The number of aromatic amines is 1. The Hall–Kier alpha value is -0.220. The van der Waals surface area contributed by atoms with Crippen molar-refractivity contribution in [1.29, 1.82) is 0 Å². The average Bonchev–Trinajstić information content (AvgIpc) is 2.60. The van der Waals surface area contributed by atoms with Gasteiger partial charge in [0.05, 0.1) is 0 Å². The molecule has 0 amide bonds. The second kappa shape index (κ2) is 7.12. The molecule has 86 valence electrons. The maximum absolute atomic E-state index is 5.24. The zero-order valence-electron chi connectivity index (χ0n) is 9.58. The van der Waals surface area contributed by atoms with Crippen molar-refractivity contribution < 1.29 is 0 Å². The van der Waals surface area contributed by atoms with Crippen LogP contribution in [0.4, 0.5) is 0 Å². The van der Waals surface area contributed by atoms with E-state index in [2.05, 4.69) is 22.7 Å². The molecular formula is C11H20N2S2. The molecule has 1 heterocycles. The van der Waals surface area contributed by atoms with Gasteiger partial charge in [0.15, 0.2) is 4.77 Å². The molecule has 0 spiro atoms. The van der Waals surface area contributed by atoms with Crippen molar-refractivity contribution in [3.63, 3.8) is 0 Å². The van der Waals surface area contributed by atoms with E-state index in [-0.39, 0.29) is 0 Å². The second-order valence-corrected chi connectivity index (χ2v) is 5.02. The number of unbranched alkanes of at least 4 members (excludes halogenated alkanes) is 2. The molecule has 1 N–H and O–H groups in total. The molecule has 0 radical (unpaired) electrons. The molecule has 0 aliphatic rings. The van der Waals surface area contributed by atoms with E-state index < -0.39 is 0 Å². The first-order valence-corrected chi connectivity index (χ1v) is 7.35. The van der Waals surface area contributed by atoms with Crippen molar-refractivity contribution in [2.24, 2.45) is 0 Å². The normalized spacial score (nSPS) is 10.8. The topological polar surface area (TPSA) is 20.7 Å². The van der Waals surface area contributed by atoms with Crippen LogP contribution in [0.2, 0.25) is 0 Å². The molecular weight excluding hydrogens is 224 g/mol. The minimum absolute atomic E-state index is 0.872. The fourth-order valence-electron chi connectivity index (χ4n) is 1.66. The molecule has 0 aromatic carbocycles. The Kier molecular flexibility index (Phi) is 6.10. The van der Waals surface area contributed by atoms with Crippen molar-refractivity contribution in [3.8, 4) is 0 Å². The monoisotopic (exact) mass is 244 g/mol. The Balaban J connectivity index is 2.36. The average molecular weight is 244 g/mol. The van der Waals surface area contributed by atoms with Crippen LogP contribution in [0.1, 0.15) is 31.9 Å². The number of imidazole rings is 1. The van der Waals surface area contributed by atoms with Gasteiger partial charge in [0.25, 0.3) is 0 Å². The Labute approximate surface area is 101 Å². The summed E-state index contributed by atoms with van der Waals surface area (Å²) in [7, 11) is 0. The number of rotatable bonds is 7. The predicted molar refractivity (Wildman–Crippen MR) is 71.2 cm³/mol. The molecule has 0 saturated heterocycles. The van der Waals surface area contributed by atoms with Crippen molar-refractivity contribution in [1.82, 2.24) is 9.55 Å². The molecule has 0 bridgehead atoms. The first-order valence-electron chi connectivity index (χ1n) is 5.55. The van der Waals surface area contributed by atoms with Gasteiger partial charge in [-0.1, -0.05) is 13.3 Å². The quantitative estimate of drug-likeness (QED) is 0.584. The van der Waals surface area contributed by atoms with Crippen molar-refractivity contribution in [2.45, 2.75) is 39.2 Å². The number of nitrogens with zero attached hydrogens (tertiary/aromatic N) is 1. The fourth-order valence-corrected chi connectivity index (χ4v) is 2.42. The standard InChI is InChI=1S/C11H20N2S2/c1-3-10-9-12-11(14)13(10)7-5-4-6-8-15-2/h9H,3-8H2,1-2H3,(H,12,14). The summed E-state index contributed by atoms with van der Waals surface area (Å²) in [6.45, 7) is 3.24. The van der Waals surface area contributed by atoms with Crippen LogP contribution in [0, 0.1) is 4.77 Å². The SMILES string of the molecule is CCc1c[nH]c(=S)n1CCCCCSC. The summed E-state index contributed by atoms with van der Waals surface area (Å²) >= 11 is 7.17. The number of aryl methyl sites for hydroxylation is 1. The molecule has 0 atom stereocenters. The first kappa shape index (κ1) is 12.8. The van der Waals surface area contributed by atoms with Crippen LogP contribution in [0.5, 0.6) is 0 Å². The van der Waals surface area contributed by atoms with Gasteiger partial charge in [0, 0.05) is 18.4 Å². The molecule has 0 saturated carbocycles. The Morgan fingerprint density at radius 1 is 1.40 bits per heavy atom. The van der Waals surface area contributed by atoms with E-state index in [1.165, 1.54) is 30.7 Å². The minimum atomic E-state index is 0.872. The van der Waals surface area contributed by atoms with Crippen molar-refractivity contribution in [3.05, 3.63) is 16.7 Å². The van der Waals surface area contributed by atoms with Gasteiger partial charge in [-0.3, -0.25) is 0 Å². The molecule has 15 heavy (non-hydrogen) atoms. The molecule has 4 heteroatoms. The van der Waals surface area contributed by atoms with Gasteiger partial charge in [-0.05, 0) is 43.5 Å². The summed E-state index contributed by atoms with van der Waals surface area (Å²) in [6.07, 6.45) is 9.11. The number of nitrogens with one attached hydrogen (secondary N) is 1. The minimum Gasteiger partial charge on any atom is -0.337 e. The number of hydrogen-bond acceptors (Lipinski definition) is 2. The van der Waals surface area contributed by atoms with Gasteiger partial charge in [-0.25, -0.2) is 0 Å². The van der Waals surface area contributed by atoms with Crippen LogP contribution in [0.15, 0.2) is 6.20 Å². The fraction of sp³-hybridized carbons (Fsp3) is 0.727. The second-order valence-electron chi connectivity index (χ2n) is 3.64. The number of hydrogen-bond donors (Lipinski definition) is 1. The van der Waals surface area contributed by atoms with E-state index in [1.807, 2.05) is 18.0 Å². The Morgan fingerprint density at radius 2 is 2.20 bits per heavy atom. The van der Waals surface area contributed by atoms with E-state index in [9.17, 15) is 0 Å². The van der Waals surface area contributed by atoms with Crippen LogP contribution >= 0.6 is 24.0 Å². The lowest BCUT2D eigenvalue weighted by Gasteiger charge is -2.06. The molecule has 0 fully saturated rings. The highest BCUT2D eigenvalue weighted by Gasteiger charge is 2.00. The highest BCUT2D eigenvalue weighted by atomic mass is 32.2. The third-order valence-electron chi connectivity index (χ3n) is 2.55.